The topological polar surface area (TPSA) is 40.5 Å². The summed E-state index contributed by atoms with van der Waals surface area (Å²) in [7, 11) is 1.74. The summed E-state index contributed by atoms with van der Waals surface area (Å²) in [5.74, 6) is -0.00933. The summed E-state index contributed by atoms with van der Waals surface area (Å²) in [5.41, 5.74) is 3.44. The van der Waals surface area contributed by atoms with Crippen molar-refractivity contribution < 1.29 is 9.90 Å². The minimum atomic E-state index is -0.145. The minimum Gasteiger partial charge on any atom is -0.394 e. The van der Waals surface area contributed by atoms with Gasteiger partial charge < -0.3 is 10.0 Å². The Morgan fingerprint density at radius 1 is 1.33 bits per heavy atom. The van der Waals surface area contributed by atoms with E-state index in [-0.39, 0.29) is 18.6 Å². The van der Waals surface area contributed by atoms with Crippen LogP contribution in [0.15, 0.2) is 18.2 Å². The number of aryl methyl sites for hydroxylation is 2. The van der Waals surface area contributed by atoms with Crippen LogP contribution in [0, 0.1) is 0 Å². The van der Waals surface area contributed by atoms with Crippen LogP contribution in [0.1, 0.15) is 41.3 Å². The van der Waals surface area contributed by atoms with Gasteiger partial charge in [0.1, 0.15) is 0 Å². The number of carbonyl (C=O) groups excluding carboxylic acids is 1. The number of aliphatic hydroxyl groups is 1. The predicted octanol–water partition coefficient (Wildman–Crippen LogP) is 2.02. The van der Waals surface area contributed by atoms with E-state index in [0.29, 0.717) is 0 Å². The van der Waals surface area contributed by atoms with Gasteiger partial charge in [-0.25, -0.2) is 0 Å². The molecular formula is C15H21NO2. The number of benzene rings is 1. The molecule has 0 spiro atoms. The molecule has 1 aromatic rings. The van der Waals surface area contributed by atoms with Crippen LogP contribution in [0.4, 0.5) is 0 Å². The SMILES string of the molecule is CC(CO)N(C)C(=O)c1ccc2c(c1)CCCC2. The molecule has 0 saturated carbocycles. The van der Waals surface area contributed by atoms with E-state index in [4.69, 9.17) is 5.11 Å². The lowest BCUT2D eigenvalue weighted by Gasteiger charge is -2.24. The van der Waals surface area contributed by atoms with Gasteiger partial charge in [0.25, 0.3) is 5.91 Å². The predicted molar refractivity (Wildman–Crippen MR) is 71.7 cm³/mol. The van der Waals surface area contributed by atoms with Gasteiger partial charge in [0, 0.05) is 12.6 Å². The Labute approximate surface area is 108 Å². The molecule has 0 fully saturated rings. The van der Waals surface area contributed by atoms with E-state index < -0.39 is 0 Å². The third-order valence-electron chi connectivity index (χ3n) is 3.84. The highest BCUT2D eigenvalue weighted by Gasteiger charge is 2.18. The molecule has 3 heteroatoms. The highest BCUT2D eigenvalue weighted by Crippen LogP contribution is 2.22. The molecule has 0 aliphatic heterocycles. The molecule has 2 rings (SSSR count). The van der Waals surface area contributed by atoms with Crippen LogP contribution in [0.3, 0.4) is 0 Å². The Morgan fingerprint density at radius 2 is 2.00 bits per heavy atom. The van der Waals surface area contributed by atoms with Gasteiger partial charge in [-0.05, 0) is 55.9 Å². The largest absolute Gasteiger partial charge is 0.394 e. The lowest BCUT2D eigenvalue weighted by Crippen LogP contribution is -2.37. The zero-order valence-electron chi connectivity index (χ0n) is 11.1. The second-order valence-corrected chi connectivity index (χ2v) is 5.14. The molecule has 1 aromatic carbocycles. The summed E-state index contributed by atoms with van der Waals surface area (Å²) >= 11 is 0. The molecule has 0 aromatic heterocycles. The minimum absolute atomic E-state index is 0.00677. The maximum atomic E-state index is 12.2. The molecule has 1 amide bonds. The molecule has 0 saturated heterocycles. The summed E-state index contributed by atoms with van der Waals surface area (Å²) in [6.45, 7) is 1.84. The highest BCUT2D eigenvalue weighted by atomic mass is 16.3. The fourth-order valence-electron chi connectivity index (χ4n) is 2.39. The van der Waals surface area contributed by atoms with E-state index in [0.717, 1.165) is 18.4 Å². The summed E-state index contributed by atoms with van der Waals surface area (Å²) in [5, 5.41) is 9.10. The first kappa shape index (κ1) is 13.1. The fourth-order valence-corrected chi connectivity index (χ4v) is 2.39. The van der Waals surface area contributed by atoms with Gasteiger partial charge in [0.2, 0.25) is 0 Å². The van der Waals surface area contributed by atoms with Gasteiger partial charge in [0.15, 0.2) is 0 Å². The van der Waals surface area contributed by atoms with Crippen molar-refractivity contribution >= 4 is 5.91 Å². The van der Waals surface area contributed by atoms with E-state index >= 15 is 0 Å². The number of nitrogens with zero attached hydrogens (tertiary/aromatic N) is 1. The number of amides is 1. The van der Waals surface area contributed by atoms with Crippen LogP contribution >= 0.6 is 0 Å². The molecule has 3 nitrogen and oxygen atoms in total. The van der Waals surface area contributed by atoms with E-state index in [1.54, 1.807) is 11.9 Å². The Kier molecular flexibility index (Phi) is 4.02. The quantitative estimate of drug-likeness (QED) is 0.887. The number of aliphatic hydroxyl groups excluding tert-OH is 1. The third-order valence-corrected chi connectivity index (χ3v) is 3.84. The summed E-state index contributed by atoms with van der Waals surface area (Å²) in [4.78, 5) is 13.8. The molecular weight excluding hydrogens is 226 g/mol. The molecule has 0 radical (unpaired) electrons. The number of fused-ring (bicyclic) bond motifs is 1. The standard InChI is InChI=1S/C15H21NO2/c1-11(10-17)16(2)15(18)14-8-7-12-5-3-4-6-13(12)9-14/h7-9,11,17H,3-6,10H2,1-2H3. The van der Waals surface area contributed by atoms with Gasteiger partial charge in [-0.15, -0.1) is 0 Å². The molecule has 1 unspecified atom stereocenters. The van der Waals surface area contributed by atoms with Crippen LogP contribution in [-0.4, -0.2) is 35.6 Å². The maximum Gasteiger partial charge on any atom is 0.253 e. The van der Waals surface area contributed by atoms with Crippen molar-refractivity contribution in [3.8, 4) is 0 Å². The zero-order chi connectivity index (χ0) is 13.1. The molecule has 0 heterocycles. The summed E-state index contributed by atoms with van der Waals surface area (Å²) < 4.78 is 0. The fraction of sp³-hybridized carbons (Fsp3) is 0.533. The van der Waals surface area contributed by atoms with Crippen LogP contribution in [0.5, 0.6) is 0 Å². The highest BCUT2D eigenvalue weighted by molar-refractivity contribution is 5.94. The van der Waals surface area contributed by atoms with Crippen molar-refractivity contribution in [3.63, 3.8) is 0 Å². The molecule has 1 aliphatic carbocycles. The van der Waals surface area contributed by atoms with Crippen molar-refractivity contribution in [2.24, 2.45) is 0 Å². The lowest BCUT2D eigenvalue weighted by atomic mass is 9.90. The maximum absolute atomic E-state index is 12.2. The van der Waals surface area contributed by atoms with Crippen LogP contribution in [0.25, 0.3) is 0 Å². The molecule has 18 heavy (non-hydrogen) atoms. The van der Waals surface area contributed by atoms with Crippen molar-refractivity contribution in [2.45, 2.75) is 38.6 Å². The van der Waals surface area contributed by atoms with E-state index in [1.807, 2.05) is 19.1 Å². The molecule has 0 bridgehead atoms. The van der Waals surface area contributed by atoms with Crippen molar-refractivity contribution in [3.05, 3.63) is 34.9 Å². The number of hydrogen-bond acceptors (Lipinski definition) is 2. The molecule has 1 atom stereocenters. The second kappa shape index (κ2) is 5.53. The summed E-state index contributed by atoms with van der Waals surface area (Å²) in [6.07, 6.45) is 4.68. The first-order valence-electron chi connectivity index (χ1n) is 6.63. The van der Waals surface area contributed by atoms with E-state index in [9.17, 15) is 4.79 Å². The van der Waals surface area contributed by atoms with Crippen LogP contribution < -0.4 is 0 Å². The Balaban J connectivity index is 2.20. The number of likely N-dealkylation sites (N-methyl/N-ethyl adjacent to an activating group) is 1. The Bertz CT molecular complexity index is 442. The first-order valence-corrected chi connectivity index (χ1v) is 6.63. The van der Waals surface area contributed by atoms with Gasteiger partial charge in [-0.3, -0.25) is 4.79 Å². The number of rotatable bonds is 3. The van der Waals surface area contributed by atoms with E-state index in [2.05, 4.69) is 6.07 Å². The van der Waals surface area contributed by atoms with Gasteiger partial charge in [-0.2, -0.15) is 0 Å². The molecule has 98 valence electrons. The first-order chi connectivity index (χ1) is 8.63. The van der Waals surface area contributed by atoms with Crippen molar-refractivity contribution in [2.75, 3.05) is 13.7 Å². The number of hydrogen-bond donors (Lipinski definition) is 1. The lowest BCUT2D eigenvalue weighted by molar-refractivity contribution is 0.0682. The Morgan fingerprint density at radius 3 is 2.67 bits per heavy atom. The van der Waals surface area contributed by atoms with Gasteiger partial charge in [-0.1, -0.05) is 6.07 Å². The second-order valence-electron chi connectivity index (χ2n) is 5.14. The van der Waals surface area contributed by atoms with Crippen molar-refractivity contribution in [1.29, 1.82) is 0 Å². The Hall–Kier alpha value is -1.35. The van der Waals surface area contributed by atoms with Crippen LogP contribution in [0.2, 0.25) is 0 Å². The van der Waals surface area contributed by atoms with E-state index in [1.165, 1.54) is 24.0 Å². The average Bonchev–Trinajstić information content (AvgIpc) is 2.44. The van der Waals surface area contributed by atoms with Gasteiger partial charge in [0.05, 0.1) is 12.6 Å². The van der Waals surface area contributed by atoms with Crippen LogP contribution in [-0.2, 0) is 12.8 Å². The molecule has 1 aliphatic rings. The monoisotopic (exact) mass is 247 g/mol. The number of carbonyl (C=O) groups is 1. The molecule has 1 N–H and O–H groups in total. The van der Waals surface area contributed by atoms with Gasteiger partial charge >= 0.3 is 0 Å². The third kappa shape index (κ3) is 2.56. The normalized spacial score (nSPS) is 15.9. The smallest absolute Gasteiger partial charge is 0.253 e. The summed E-state index contributed by atoms with van der Waals surface area (Å²) in [6, 6.07) is 5.87. The average molecular weight is 247 g/mol. The zero-order valence-corrected chi connectivity index (χ0v) is 11.1. The van der Waals surface area contributed by atoms with Crippen molar-refractivity contribution in [1.82, 2.24) is 4.90 Å².